The van der Waals surface area contributed by atoms with Crippen molar-refractivity contribution in [3.8, 4) is 10.6 Å². The zero-order valence-corrected chi connectivity index (χ0v) is 9.85. The summed E-state index contributed by atoms with van der Waals surface area (Å²) in [6.07, 6.45) is 10.2. The van der Waals surface area contributed by atoms with E-state index >= 15 is 0 Å². The third-order valence-corrected chi connectivity index (χ3v) is 5.08. The monoisotopic (exact) mass is 231 g/mol. The number of fused-ring (bicyclic) bond motifs is 1. The van der Waals surface area contributed by atoms with Crippen LogP contribution in [0.5, 0.6) is 0 Å². The molecule has 0 aliphatic heterocycles. The maximum atomic E-state index is 5.12. The van der Waals surface area contributed by atoms with Gasteiger partial charge in [0.15, 0.2) is 0 Å². The van der Waals surface area contributed by atoms with E-state index in [4.69, 9.17) is 9.40 Å². The highest BCUT2D eigenvalue weighted by Gasteiger charge is 2.45. The second-order valence-corrected chi connectivity index (χ2v) is 6.16. The second-order valence-electron chi connectivity index (χ2n) is 5.08. The van der Waals surface area contributed by atoms with Crippen molar-refractivity contribution in [1.82, 2.24) is 4.98 Å². The number of nitrogens with zero attached hydrogens (tertiary/aromatic N) is 1. The summed E-state index contributed by atoms with van der Waals surface area (Å²) < 4.78 is 5.12. The van der Waals surface area contributed by atoms with Crippen molar-refractivity contribution in [2.75, 3.05) is 0 Å². The highest BCUT2D eigenvalue weighted by atomic mass is 32.1. The molecular weight excluding hydrogens is 218 g/mol. The van der Waals surface area contributed by atoms with Crippen molar-refractivity contribution in [1.29, 1.82) is 0 Å². The molecule has 2 aliphatic rings. The minimum Gasteiger partial charge on any atom is -0.472 e. The third kappa shape index (κ3) is 1.27. The van der Waals surface area contributed by atoms with Gasteiger partial charge in [0, 0.05) is 10.4 Å². The van der Waals surface area contributed by atoms with Gasteiger partial charge in [-0.25, -0.2) is 4.98 Å². The predicted molar refractivity (Wildman–Crippen MR) is 63.5 cm³/mol. The molecule has 2 nitrogen and oxygen atoms in total. The van der Waals surface area contributed by atoms with Crippen LogP contribution in [0.2, 0.25) is 0 Å². The Balaban J connectivity index is 1.74. The molecule has 2 heterocycles. The first-order valence-electron chi connectivity index (χ1n) is 5.86. The van der Waals surface area contributed by atoms with Crippen molar-refractivity contribution in [2.45, 2.75) is 32.1 Å². The largest absolute Gasteiger partial charge is 0.472 e. The van der Waals surface area contributed by atoms with Gasteiger partial charge in [-0.3, -0.25) is 0 Å². The van der Waals surface area contributed by atoms with Gasteiger partial charge in [0.2, 0.25) is 0 Å². The highest BCUT2D eigenvalue weighted by Crippen LogP contribution is 2.55. The first kappa shape index (κ1) is 8.99. The SMILES string of the molecule is c1cc(-c2nc3c(s2)CC2(CC3)CC2)co1. The number of rotatable bonds is 1. The lowest BCUT2D eigenvalue weighted by molar-refractivity contribution is 0.439. The molecule has 2 aliphatic carbocycles. The lowest BCUT2D eigenvalue weighted by Gasteiger charge is -2.19. The van der Waals surface area contributed by atoms with Gasteiger partial charge in [0.1, 0.15) is 11.3 Å². The highest BCUT2D eigenvalue weighted by molar-refractivity contribution is 7.15. The molecule has 82 valence electrons. The standard InChI is InChI=1S/C13H13NOS/c1-3-13(4-5-13)7-11-10(1)14-12(16-11)9-2-6-15-8-9/h2,6,8H,1,3-5,7H2. The smallest absolute Gasteiger partial charge is 0.127 e. The molecule has 0 saturated heterocycles. The molecule has 0 unspecified atom stereocenters. The molecule has 0 radical (unpaired) electrons. The summed E-state index contributed by atoms with van der Waals surface area (Å²) in [5.41, 5.74) is 3.16. The zero-order valence-electron chi connectivity index (χ0n) is 9.03. The van der Waals surface area contributed by atoms with Gasteiger partial charge in [-0.1, -0.05) is 0 Å². The number of aromatic nitrogens is 1. The topological polar surface area (TPSA) is 26.0 Å². The van der Waals surface area contributed by atoms with E-state index in [1.807, 2.05) is 17.4 Å². The number of aryl methyl sites for hydroxylation is 1. The molecule has 0 amide bonds. The molecule has 1 spiro atoms. The molecule has 0 bridgehead atoms. The van der Waals surface area contributed by atoms with Crippen LogP contribution in [-0.4, -0.2) is 4.98 Å². The summed E-state index contributed by atoms with van der Waals surface area (Å²) in [7, 11) is 0. The third-order valence-electron chi connectivity index (χ3n) is 3.93. The lowest BCUT2D eigenvalue weighted by atomic mass is 9.88. The van der Waals surface area contributed by atoms with Gasteiger partial charge in [0.05, 0.1) is 12.0 Å². The lowest BCUT2D eigenvalue weighted by Crippen LogP contribution is -2.13. The fourth-order valence-electron chi connectivity index (χ4n) is 2.64. The van der Waals surface area contributed by atoms with Gasteiger partial charge >= 0.3 is 0 Å². The summed E-state index contributed by atoms with van der Waals surface area (Å²) in [4.78, 5) is 6.27. The van der Waals surface area contributed by atoms with Crippen LogP contribution in [0.4, 0.5) is 0 Å². The Kier molecular flexibility index (Phi) is 1.67. The van der Waals surface area contributed by atoms with Crippen LogP contribution < -0.4 is 0 Å². The quantitative estimate of drug-likeness (QED) is 0.748. The Morgan fingerprint density at radius 3 is 3.00 bits per heavy atom. The average Bonchev–Trinajstić information content (AvgIpc) is 2.76. The molecule has 2 aromatic heterocycles. The molecule has 0 N–H and O–H groups in total. The zero-order chi connectivity index (χ0) is 10.6. The molecule has 16 heavy (non-hydrogen) atoms. The Morgan fingerprint density at radius 2 is 2.25 bits per heavy atom. The van der Waals surface area contributed by atoms with Gasteiger partial charge in [-0.15, -0.1) is 11.3 Å². The fraction of sp³-hybridized carbons (Fsp3) is 0.462. The van der Waals surface area contributed by atoms with E-state index < -0.39 is 0 Å². The van der Waals surface area contributed by atoms with Crippen LogP contribution in [-0.2, 0) is 12.8 Å². The summed E-state index contributed by atoms with van der Waals surface area (Å²) in [6.45, 7) is 0. The van der Waals surface area contributed by atoms with Crippen LogP contribution >= 0.6 is 11.3 Å². The van der Waals surface area contributed by atoms with E-state index in [1.165, 1.54) is 42.7 Å². The molecule has 1 saturated carbocycles. The molecular formula is C13H13NOS. The Bertz CT molecular complexity index is 522. The van der Waals surface area contributed by atoms with E-state index in [2.05, 4.69) is 0 Å². The average molecular weight is 231 g/mol. The minimum absolute atomic E-state index is 0.688. The number of hydrogen-bond donors (Lipinski definition) is 0. The number of furan rings is 1. The molecule has 2 aromatic rings. The molecule has 1 fully saturated rings. The van der Waals surface area contributed by atoms with Gasteiger partial charge < -0.3 is 4.42 Å². The van der Waals surface area contributed by atoms with E-state index in [-0.39, 0.29) is 0 Å². The maximum Gasteiger partial charge on any atom is 0.127 e. The summed E-state index contributed by atoms with van der Waals surface area (Å²) in [5, 5.41) is 1.14. The van der Waals surface area contributed by atoms with Crippen LogP contribution in [0.25, 0.3) is 10.6 Å². The summed E-state index contributed by atoms with van der Waals surface area (Å²) >= 11 is 1.86. The van der Waals surface area contributed by atoms with Crippen LogP contribution in [0.15, 0.2) is 23.0 Å². The first-order chi connectivity index (χ1) is 7.85. The first-order valence-corrected chi connectivity index (χ1v) is 6.68. The molecule has 3 heteroatoms. The van der Waals surface area contributed by atoms with E-state index in [0.29, 0.717) is 5.41 Å². The molecule has 0 atom stereocenters. The van der Waals surface area contributed by atoms with Crippen LogP contribution in [0.3, 0.4) is 0 Å². The Labute approximate surface area is 98.3 Å². The van der Waals surface area contributed by atoms with Gasteiger partial charge in [-0.05, 0) is 43.6 Å². The fourth-order valence-corrected chi connectivity index (χ4v) is 3.91. The van der Waals surface area contributed by atoms with Crippen molar-refractivity contribution in [3.05, 3.63) is 29.2 Å². The van der Waals surface area contributed by atoms with Crippen LogP contribution in [0, 0.1) is 5.41 Å². The minimum atomic E-state index is 0.688. The maximum absolute atomic E-state index is 5.12. The van der Waals surface area contributed by atoms with Crippen molar-refractivity contribution >= 4 is 11.3 Å². The Hall–Kier alpha value is -1.09. The van der Waals surface area contributed by atoms with Crippen molar-refractivity contribution < 1.29 is 4.42 Å². The Morgan fingerprint density at radius 1 is 1.31 bits per heavy atom. The molecule has 0 aromatic carbocycles. The van der Waals surface area contributed by atoms with E-state index in [9.17, 15) is 0 Å². The summed E-state index contributed by atoms with van der Waals surface area (Å²) in [5.74, 6) is 0. The predicted octanol–water partition coefficient (Wildman–Crippen LogP) is 3.67. The normalized spacial score (nSPS) is 21.0. The van der Waals surface area contributed by atoms with Crippen molar-refractivity contribution in [3.63, 3.8) is 0 Å². The van der Waals surface area contributed by atoms with Crippen LogP contribution in [0.1, 0.15) is 29.8 Å². The number of hydrogen-bond acceptors (Lipinski definition) is 3. The van der Waals surface area contributed by atoms with Gasteiger partial charge in [0.25, 0.3) is 0 Å². The van der Waals surface area contributed by atoms with Crippen molar-refractivity contribution in [2.24, 2.45) is 5.41 Å². The summed E-state index contributed by atoms with van der Waals surface area (Å²) in [6, 6.07) is 2.00. The van der Waals surface area contributed by atoms with E-state index in [0.717, 1.165) is 10.6 Å². The van der Waals surface area contributed by atoms with Gasteiger partial charge in [-0.2, -0.15) is 0 Å². The number of thiazole rings is 1. The van der Waals surface area contributed by atoms with E-state index in [1.54, 1.807) is 12.5 Å². The molecule has 4 rings (SSSR count). The second kappa shape index (κ2) is 2.98.